The number of rotatable bonds is 3. The first-order chi connectivity index (χ1) is 11.1. The standard InChI is InChI=1S/C16H20N6O/c17-14(10-19-16(18)22-5-1-2-6-22)13-4-3-11(7-15(13)23)12-8-20-21-9-12/h3-4,7-10,23H,1-2,5-6,17H2,(H2,18,19)(H,20,21)/b14-10-. The molecule has 1 saturated heterocycles. The zero-order valence-electron chi connectivity index (χ0n) is 12.7. The van der Waals surface area contributed by atoms with Crippen LogP contribution in [-0.4, -0.2) is 39.3 Å². The topological polar surface area (TPSA) is 117 Å². The molecule has 0 atom stereocenters. The summed E-state index contributed by atoms with van der Waals surface area (Å²) in [5.41, 5.74) is 14.6. The molecule has 2 heterocycles. The molecular weight excluding hydrogens is 292 g/mol. The molecular formula is C16H20N6O. The molecule has 0 bridgehead atoms. The van der Waals surface area contributed by atoms with Crippen molar-refractivity contribution >= 4 is 11.7 Å². The molecule has 0 unspecified atom stereocenters. The van der Waals surface area contributed by atoms with Gasteiger partial charge in [0.2, 0.25) is 0 Å². The van der Waals surface area contributed by atoms with E-state index in [2.05, 4.69) is 15.2 Å². The Morgan fingerprint density at radius 1 is 1.26 bits per heavy atom. The van der Waals surface area contributed by atoms with E-state index in [0.717, 1.165) is 37.1 Å². The minimum Gasteiger partial charge on any atom is -0.507 e. The average Bonchev–Trinajstić information content (AvgIpc) is 3.24. The zero-order valence-corrected chi connectivity index (χ0v) is 12.7. The van der Waals surface area contributed by atoms with E-state index < -0.39 is 0 Å². The Bertz CT molecular complexity index is 729. The van der Waals surface area contributed by atoms with E-state index in [0.29, 0.717) is 17.2 Å². The molecule has 0 amide bonds. The number of phenolic OH excluding ortho intramolecular Hbond substituents is 1. The summed E-state index contributed by atoms with van der Waals surface area (Å²) in [6, 6.07) is 5.27. The second-order valence-corrected chi connectivity index (χ2v) is 5.48. The van der Waals surface area contributed by atoms with Gasteiger partial charge in [-0.25, -0.2) is 4.99 Å². The van der Waals surface area contributed by atoms with Crippen LogP contribution in [0.3, 0.4) is 0 Å². The van der Waals surface area contributed by atoms with Crippen molar-refractivity contribution in [3.8, 4) is 16.9 Å². The average molecular weight is 312 g/mol. The monoisotopic (exact) mass is 312 g/mol. The molecule has 120 valence electrons. The van der Waals surface area contributed by atoms with Crippen LogP contribution in [0.15, 0.2) is 41.8 Å². The van der Waals surface area contributed by atoms with Crippen LogP contribution >= 0.6 is 0 Å². The molecule has 0 spiro atoms. The van der Waals surface area contributed by atoms with Crippen molar-refractivity contribution in [1.82, 2.24) is 15.1 Å². The van der Waals surface area contributed by atoms with E-state index in [4.69, 9.17) is 11.5 Å². The molecule has 0 radical (unpaired) electrons. The van der Waals surface area contributed by atoms with E-state index in [-0.39, 0.29) is 5.75 Å². The minimum absolute atomic E-state index is 0.0902. The molecule has 1 aliphatic rings. The first-order valence-electron chi connectivity index (χ1n) is 7.51. The number of aromatic amines is 1. The molecule has 1 aromatic heterocycles. The molecule has 3 rings (SSSR count). The lowest BCUT2D eigenvalue weighted by atomic mass is 10.0. The number of nitrogens with zero attached hydrogens (tertiary/aromatic N) is 3. The highest BCUT2D eigenvalue weighted by atomic mass is 16.3. The van der Waals surface area contributed by atoms with Gasteiger partial charge in [-0.1, -0.05) is 6.07 Å². The minimum atomic E-state index is 0.0902. The zero-order chi connectivity index (χ0) is 16.2. The Morgan fingerprint density at radius 3 is 2.70 bits per heavy atom. The predicted octanol–water partition coefficient (Wildman–Crippen LogP) is 1.45. The van der Waals surface area contributed by atoms with Gasteiger partial charge in [0.25, 0.3) is 0 Å². The highest BCUT2D eigenvalue weighted by Crippen LogP contribution is 2.28. The quantitative estimate of drug-likeness (QED) is 0.505. The summed E-state index contributed by atoms with van der Waals surface area (Å²) >= 11 is 0. The maximum atomic E-state index is 10.2. The third-order valence-corrected chi connectivity index (χ3v) is 3.91. The summed E-state index contributed by atoms with van der Waals surface area (Å²) in [4.78, 5) is 6.22. The van der Waals surface area contributed by atoms with Gasteiger partial charge in [-0.15, -0.1) is 0 Å². The first-order valence-corrected chi connectivity index (χ1v) is 7.51. The van der Waals surface area contributed by atoms with Crippen LogP contribution in [0.1, 0.15) is 18.4 Å². The third kappa shape index (κ3) is 3.28. The number of guanidine groups is 1. The normalized spacial score (nSPS) is 16.1. The number of aromatic nitrogens is 2. The molecule has 23 heavy (non-hydrogen) atoms. The summed E-state index contributed by atoms with van der Waals surface area (Å²) in [5.74, 6) is 0.548. The second-order valence-electron chi connectivity index (χ2n) is 5.48. The van der Waals surface area contributed by atoms with Gasteiger partial charge in [0.1, 0.15) is 5.75 Å². The summed E-state index contributed by atoms with van der Waals surface area (Å²) in [6.45, 7) is 1.85. The molecule has 1 aliphatic heterocycles. The fraction of sp³-hybridized carbons (Fsp3) is 0.250. The summed E-state index contributed by atoms with van der Waals surface area (Å²) in [6.07, 6.45) is 7.20. The highest BCUT2D eigenvalue weighted by molar-refractivity contribution is 5.80. The van der Waals surface area contributed by atoms with Crippen LogP contribution in [0.25, 0.3) is 16.8 Å². The SMILES string of the molecule is NC(=N/C=C(\N)c1ccc(-c2cn[nH]c2)cc1O)N1CCCC1. The number of hydrogen-bond donors (Lipinski definition) is 4. The predicted molar refractivity (Wildman–Crippen MR) is 90.3 cm³/mol. The van der Waals surface area contributed by atoms with Crippen LogP contribution in [0, 0.1) is 0 Å². The van der Waals surface area contributed by atoms with Gasteiger partial charge >= 0.3 is 0 Å². The maximum Gasteiger partial charge on any atom is 0.195 e. The Kier molecular flexibility index (Phi) is 4.18. The number of H-pyrrole nitrogens is 1. The summed E-state index contributed by atoms with van der Waals surface area (Å²) in [5, 5.41) is 16.8. The van der Waals surface area contributed by atoms with Crippen LogP contribution in [0.5, 0.6) is 5.75 Å². The number of nitrogens with one attached hydrogen (secondary N) is 1. The number of phenols is 1. The maximum absolute atomic E-state index is 10.2. The number of aromatic hydroxyl groups is 1. The Labute approximate surface area is 134 Å². The van der Waals surface area contributed by atoms with Crippen molar-refractivity contribution < 1.29 is 5.11 Å². The fourth-order valence-electron chi connectivity index (χ4n) is 2.60. The van der Waals surface area contributed by atoms with Gasteiger partial charge in [0.15, 0.2) is 5.96 Å². The van der Waals surface area contributed by atoms with E-state index in [1.165, 1.54) is 6.20 Å². The largest absolute Gasteiger partial charge is 0.507 e. The Balaban J connectivity index is 1.80. The Hall–Kier alpha value is -2.96. The van der Waals surface area contributed by atoms with E-state index >= 15 is 0 Å². The van der Waals surface area contributed by atoms with Crippen molar-refractivity contribution in [2.24, 2.45) is 16.5 Å². The van der Waals surface area contributed by atoms with Gasteiger partial charge in [0, 0.05) is 30.4 Å². The van der Waals surface area contributed by atoms with Crippen molar-refractivity contribution in [3.05, 3.63) is 42.4 Å². The smallest absolute Gasteiger partial charge is 0.195 e. The van der Waals surface area contributed by atoms with Crippen molar-refractivity contribution in [3.63, 3.8) is 0 Å². The van der Waals surface area contributed by atoms with E-state index in [1.807, 2.05) is 11.0 Å². The van der Waals surface area contributed by atoms with Crippen LogP contribution in [0.4, 0.5) is 0 Å². The van der Waals surface area contributed by atoms with Gasteiger partial charge in [-0.2, -0.15) is 5.10 Å². The molecule has 0 aliphatic carbocycles. The van der Waals surface area contributed by atoms with Crippen LogP contribution < -0.4 is 11.5 Å². The lowest BCUT2D eigenvalue weighted by molar-refractivity contribution is 0.473. The number of benzene rings is 1. The summed E-state index contributed by atoms with van der Waals surface area (Å²) < 4.78 is 0. The number of nitrogens with two attached hydrogens (primary N) is 2. The first kappa shape index (κ1) is 15.0. The van der Waals surface area contributed by atoms with Crippen molar-refractivity contribution in [1.29, 1.82) is 0 Å². The third-order valence-electron chi connectivity index (χ3n) is 3.91. The van der Waals surface area contributed by atoms with Crippen LogP contribution in [-0.2, 0) is 0 Å². The molecule has 2 aromatic rings. The van der Waals surface area contributed by atoms with Crippen molar-refractivity contribution in [2.45, 2.75) is 12.8 Å². The van der Waals surface area contributed by atoms with Crippen LogP contribution in [0.2, 0.25) is 0 Å². The second kappa shape index (κ2) is 6.43. The molecule has 7 nitrogen and oxygen atoms in total. The lowest BCUT2D eigenvalue weighted by Gasteiger charge is -2.15. The summed E-state index contributed by atoms with van der Waals surface area (Å²) in [7, 11) is 0. The van der Waals surface area contributed by atoms with Crippen molar-refractivity contribution in [2.75, 3.05) is 13.1 Å². The molecule has 1 aromatic carbocycles. The number of aliphatic imine (C=N–C) groups is 1. The van der Waals surface area contributed by atoms with Gasteiger partial charge < -0.3 is 21.5 Å². The highest BCUT2D eigenvalue weighted by Gasteiger charge is 2.13. The lowest BCUT2D eigenvalue weighted by Crippen LogP contribution is -2.34. The molecule has 7 heteroatoms. The van der Waals surface area contributed by atoms with Gasteiger partial charge in [0.05, 0.1) is 18.1 Å². The molecule has 0 saturated carbocycles. The molecule has 6 N–H and O–H groups in total. The van der Waals surface area contributed by atoms with E-state index in [9.17, 15) is 5.11 Å². The van der Waals surface area contributed by atoms with E-state index in [1.54, 1.807) is 24.5 Å². The Morgan fingerprint density at radius 2 is 2.04 bits per heavy atom. The number of hydrogen-bond acceptors (Lipinski definition) is 4. The fourth-order valence-corrected chi connectivity index (χ4v) is 2.60. The van der Waals surface area contributed by atoms with Gasteiger partial charge in [-0.3, -0.25) is 5.10 Å². The molecule has 1 fully saturated rings. The van der Waals surface area contributed by atoms with Gasteiger partial charge in [-0.05, 0) is 30.5 Å². The number of likely N-dealkylation sites (tertiary alicyclic amines) is 1.